The minimum atomic E-state index is 0.766. The number of nitrogens with zero attached hydrogens (tertiary/aromatic N) is 5. The third-order valence-electron chi connectivity index (χ3n) is 3.59. The molecule has 5 nitrogen and oxygen atoms in total. The highest BCUT2D eigenvalue weighted by atomic mass is 79.9. The number of fused-ring (bicyclic) bond motifs is 3. The molecule has 3 heterocycles. The number of benzene rings is 1. The topological polar surface area (TPSA) is 56.0 Å². The fourth-order valence-electron chi connectivity index (χ4n) is 2.61. The molecule has 0 N–H and O–H groups in total. The van der Waals surface area contributed by atoms with Crippen molar-refractivity contribution >= 4 is 32.6 Å². The highest BCUT2D eigenvalue weighted by Gasteiger charge is 2.14. The van der Waals surface area contributed by atoms with Gasteiger partial charge in [-0.25, -0.2) is 4.98 Å². The molecule has 0 radical (unpaired) electrons. The minimum Gasteiger partial charge on any atom is -0.272 e. The second-order valence-electron chi connectivity index (χ2n) is 5.26. The van der Waals surface area contributed by atoms with E-state index >= 15 is 0 Å². The average molecular weight is 354 g/mol. The van der Waals surface area contributed by atoms with Gasteiger partial charge >= 0.3 is 0 Å². The zero-order chi connectivity index (χ0) is 15.3. The third-order valence-corrected chi connectivity index (χ3v) is 4.08. The fourth-order valence-corrected chi connectivity index (χ4v) is 2.96. The molecule has 0 aliphatic carbocycles. The van der Waals surface area contributed by atoms with E-state index in [4.69, 9.17) is 0 Å². The number of halogens is 1. The molecule has 0 saturated heterocycles. The minimum absolute atomic E-state index is 0.766. The fraction of sp³-hybridized carbons (Fsp3) is 0.125. The van der Waals surface area contributed by atoms with Crippen LogP contribution in [0.15, 0.2) is 41.1 Å². The quantitative estimate of drug-likeness (QED) is 0.523. The lowest BCUT2D eigenvalue weighted by atomic mass is 10.2. The number of hydrogen-bond donors (Lipinski definition) is 0. The largest absolute Gasteiger partial charge is 0.272 e. The van der Waals surface area contributed by atoms with Crippen LogP contribution in [-0.4, -0.2) is 24.6 Å². The normalized spacial score (nSPS) is 11.4. The number of aryl methyl sites for hydroxylation is 2. The summed E-state index contributed by atoms with van der Waals surface area (Å²) >= 11 is 3.52. The van der Waals surface area contributed by atoms with Crippen molar-refractivity contribution < 1.29 is 0 Å². The van der Waals surface area contributed by atoms with Crippen molar-refractivity contribution in [1.29, 1.82) is 0 Å². The van der Waals surface area contributed by atoms with Gasteiger partial charge in [-0.3, -0.25) is 9.38 Å². The van der Waals surface area contributed by atoms with Crippen LogP contribution in [0.4, 0.5) is 0 Å². The Hall–Kier alpha value is -2.34. The highest BCUT2D eigenvalue weighted by molar-refractivity contribution is 9.10. The molecule has 0 bridgehead atoms. The van der Waals surface area contributed by atoms with Crippen LogP contribution >= 0.6 is 15.9 Å². The van der Waals surface area contributed by atoms with E-state index in [0.717, 1.165) is 43.8 Å². The molecule has 0 fully saturated rings. The number of rotatable bonds is 1. The second-order valence-corrected chi connectivity index (χ2v) is 6.18. The summed E-state index contributed by atoms with van der Waals surface area (Å²) in [7, 11) is 0. The summed E-state index contributed by atoms with van der Waals surface area (Å²) in [5.74, 6) is 0.778. The van der Waals surface area contributed by atoms with Crippen LogP contribution in [0.25, 0.3) is 28.1 Å². The van der Waals surface area contributed by atoms with Crippen molar-refractivity contribution in [2.24, 2.45) is 0 Å². The van der Waals surface area contributed by atoms with Gasteiger partial charge in [-0.05, 0) is 43.7 Å². The molecule has 22 heavy (non-hydrogen) atoms. The molecule has 0 spiro atoms. The molecule has 6 heteroatoms. The molecule has 0 saturated carbocycles. The number of aromatic nitrogens is 5. The smallest absolute Gasteiger partial charge is 0.183 e. The van der Waals surface area contributed by atoms with E-state index in [1.54, 1.807) is 0 Å². The molecule has 4 aromatic rings. The van der Waals surface area contributed by atoms with Gasteiger partial charge in [0.1, 0.15) is 0 Å². The number of pyridine rings is 1. The maximum atomic E-state index is 4.61. The van der Waals surface area contributed by atoms with Crippen LogP contribution in [0.3, 0.4) is 0 Å². The Morgan fingerprint density at radius 3 is 2.73 bits per heavy atom. The van der Waals surface area contributed by atoms with E-state index in [-0.39, 0.29) is 0 Å². The molecule has 4 rings (SSSR count). The van der Waals surface area contributed by atoms with Gasteiger partial charge in [0.25, 0.3) is 0 Å². The van der Waals surface area contributed by atoms with Gasteiger partial charge in [-0.2, -0.15) is 0 Å². The van der Waals surface area contributed by atoms with E-state index < -0.39 is 0 Å². The molecular formula is C16H12BrN5. The second kappa shape index (κ2) is 4.84. The monoisotopic (exact) mass is 353 g/mol. The van der Waals surface area contributed by atoms with E-state index in [9.17, 15) is 0 Å². The first-order chi connectivity index (χ1) is 10.6. The summed E-state index contributed by atoms with van der Waals surface area (Å²) in [6, 6.07) is 8.07. The summed E-state index contributed by atoms with van der Waals surface area (Å²) in [4.78, 5) is 8.87. The van der Waals surface area contributed by atoms with Crippen LogP contribution < -0.4 is 0 Å². The lowest BCUT2D eigenvalue weighted by molar-refractivity contribution is 1.10. The SMILES string of the molecule is Cc1cncc(-c2nnc3c(C)nc4ccc(Br)cc4n23)c1. The molecule has 0 aliphatic heterocycles. The van der Waals surface area contributed by atoms with Gasteiger partial charge in [0, 0.05) is 22.4 Å². The van der Waals surface area contributed by atoms with Crippen LogP contribution in [0.1, 0.15) is 11.3 Å². The van der Waals surface area contributed by atoms with Crippen molar-refractivity contribution in [1.82, 2.24) is 24.6 Å². The summed E-state index contributed by atoms with van der Waals surface area (Å²) in [6.07, 6.45) is 3.64. The van der Waals surface area contributed by atoms with Crippen LogP contribution in [0.2, 0.25) is 0 Å². The summed E-state index contributed by atoms with van der Waals surface area (Å²) in [6.45, 7) is 3.96. The predicted molar refractivity (Wildman–Crippen MR) is 88.7 cm³/mol. The first kappa shape index (κ1) is 13.3. The zero-order valence-electron chi connectivity index (χ0n) is 12.1. The Bertz CT molecular complexity index is 1020. The molecule has 0 atom stereocenters. The molecule has 0 aliphatic rings. The Labute approximate surface area is 135 Å². The molecule has 0 unspecified atom stereocenters. The summed E-state index contributed by atoms with van der Waals surface area (Å²) in [5.41, 5.74) is 5.53. The Morgan fingerprint density at radius 1 is 1.05 bits per heavy atom. The summed E-state index contributed by atoms with van der Waals surface area (Å²) in [5, 5.41) is 8.68. The van der Waals surface area contributed by atoms with Crippen molar-refractivity contribution in [2.75, 3.05) is 0 Å². The van der Waals surface area contributed by atoms with E-state index in [1.165, 1.54) is 0 Å². The van der Waals surface area contributed by atoms with Gasteiger partial charge in [-0.15, -0.1) is 10.2 Å². The van der Waals surface area contributed by atoms with E-state index in [2.05, 4.69) is 42.2 Å². The van der Waals surface area contributed by atoms with E-state index in [1.807, 2.05) is 48.8 Å². The zero-order valence-corrected chi connectivity index (χ0v) is 13.7. The van der Waals surface area contributed by atoms with Crippen molar-refractivity contribution in [3.05, 3.63) is 52.4 Å². The maximum Gasteiger partial charge on any atom is 0.183 e. The van der Waals surface area contributed by atoms with Crippen LogP contribution in [0.5, 0.6) is 0 Å². The predicted octanol–water partition coefficient (Wildman–Crippen LogP) is 3.72. The van der Waals surface area contributed by atoms with Crippen molar-refractivity contribution in [3.8, 4) is 11.4 Å². The van der Waals surface area contributed by atoms with Gasteiger partial charge in [0.15, 0.2) is 11.5 Å². The van der Waals surface area contributed by atoms with Crippen LogP contribution in [-0.2, 0) is 0 Å². The number of hydrogen-bond acceptors (Lipinski definition) is 4. The standard InChI is InChI=1S/C16H12BrN5/c1-9-5-11(8-18-7-9)16-21-20-15-10(2)19-13-4-3-12(17)6-14(13)22(15)16/h3-8H,1-2H3. The molecule has 3 aromatic heterocycles. The Balaban J connectivity index is 2.16. The lowest BCUT2D eigenvalue weighted by Crippen LogP contribution is -1.98. The van der Waals surface area contributed by atoms with Gasteiger partial charge in [0.05, 0.1) is 16.7 Å². The first-order valence-electron chi connectivity index (χ1n) is 6.86. The van der Waals surface area contributed by atoms with Crippen molar-refractivity contribution in [2.45, 2.75) is 13.8 Å². The van der Waals surface area contributed by atoms with E-state index in [0.29, 0.717) is 0 Å². The lowest BCUT2D eigenvalue weighted by Gasteiger charge is -2.07. The highest BCUT2D eigenvalue weighted by Crippen LogP contribution is 2.26. The van der Waals surface area contributed by atoms with Gasteiger partial charge in [-0.1, -0.05) is 15.9 Å². The van der Waals surface area contributed by atoms with Crippen molar-refractivity contribution in [3.63, 3.8) is 0 Å². The third kappa shape index (κ3) is 1.99. The van der Waals surface area contributed by atoms with Gasteiger partial charge in [0.2, 0.25) is 0 Å². The molecular weight excluding hydrogens is 342 g/mol. The Kier molecular flexibility index (Phi) is 2.94. The average Bonchev–Trinajstić information content (AvgIpc) is 2.94. The Morgan fingerprint density at radius 2 is 1.91 bits per heavy atom. The maximum absolute atomic E-state index is 4.61. The first-order valence-corrected chi connectivity index (χ1v) is 7.66. The molecule has 108 valence electrons. The molecule has 1 aromatic carbocycles. The molecule has 0 amide bonds. The van der Waals surface area contributed by atoms with Gasteiger partial charge < -0.3 is 0 Å². The summed E-state index contributed by atoms with van der Waals surface area (Å²) < 4.78 is 3.03. The van der Waals surface area contributed by atoms with Crippen LogP contribution in [0, 0.1) is 13.8 Å².